The summed E-state index contributed by atoms with van der Waals surface area (Å²) in [5, 5.41) is 6.40. The molecule has 0 aliphatic carbocycles. The maximum atomic E-state index is 5.54. The maximum absolute atomic E-state index is 5.54. The summed E-state index contributed by atoms with van der Waals surface area (Å²) >= 11 is 0. The van der Waals surface area contributed by atoms with Gasteiger partial charge in [-0.3, -0.25) is 4.99 Å². The summed E-state index contributed by atoms with van der Waals surface area (Å²) in [5.74, 6) is 2.77. The van der Waals surface area contributed by atoms with Gasteiger partial charge in [-0.1, -0.05) is 6.07 Å². The van der Waals surface area contributed by atoms with E-state index in [2.05, 4.69) is 25.6 Å². The maximum Gasteiger partial charge on any atom is 0.218 e. The Kier molecular flexibility index (Phi) is 5.96. The molecule has 2 heterocycles. The van der Waals surface area contributed by atoms with Gasteiger partial charge in [-0.05, 0) is 26.8 Å². The molecule has 0 spiro atoms. The first kappa shape index (κ1) is 16.8. The third-order valence-electron chi connectivity index (χ3n) is 3.28. The van der Waals surface area contributed by atoms with Crippen LogP contribution in [-0.2, 0) is 13.1 Å². The highest BCUT2D eigenvalue weighted by atomic mass is 16.5. The molecule has 0 fully saturated rings. The number of rotatable bonds is 6. The molecule has 0 aliphatic rings. The monoisotopic (exact) mass is 317 g/mol. The third kappa shape index (κ3) is 4.70. The summed E-state index contributed by atoms with van der Waals surface area (Å²) in [5.41, 5.74) is 1.88. The van der Waals surface area contributed by atoms with E-state index in [-0.39, 0.29) is 0 Å². The van der Waals surface area contributed by atoms with Crippen molar-refractivity contribution in [3.05, 3.63) is 41.2 Å². The second-order valence-corrected chi connectivity index (χ2v) is 4.93. The zero-order chi connectivity index (χ0) is 16.7. The highest BCUT2D eigenvalue weighted by Gasteiger charge is 2.08. The van der Waals surface area contributed by atoms with E-state index >= 15 is 0 Å². The lowest BCUT2D eigenvalue weighted by Crippen LogP contribution is -2.36. The van der Waals surface area contributed by atoms with Crippen LogP contribution in [0.25, 0.3) is 0 Å². The Labute approximate surface area is 136 Å². The minimum Gasteiger partial charge on any atom is -0.478 e. The standard InChI is InChI=1S/C16H23N5O2/c1-5-22-15-13(7-6-8-18-15)9-19-16(17-4)20-10-14-21-11(2)12(3)23-14/h6-8H,5,9-10H2,1-4H3,(H2,17,19,20). The first-order valence-electron chi connectivity index (χ1n) is 7.58. The van der Waals surface area contributed by atoms with Crippen molar-refractivity contribution >= 4 is 5.96 Å². The lowest BCUT2D eigenvalue weighted by molar-refractivity contribution is 0.322. The summed E-state index contributed by atoms with van der Waals surface area (Å²) in [7, 11) is 1.72. The van der Waals surface area contributed by atoms with E-state index in [0.29, 0.717) is 37.4 Å². The Hall–Kier alpha value is -2.57. The normalized spacial score (nSPS) is 11.4. The number of guanidine groups is 1. The average molecular weight is 317 g/mol. The lowest BCUT2D eigenvalue weighted by Gasteiger charge is -2.12. The Morgan fingerprint density at radius 1 is 1.30 bits per heavy atom. The van der Waals surface area contributed by atoms with Gasteiger partial charge in [0, 0.05) is 25.4 Å². The largest absolute Gasteiger partial charge is 0.478 e. The number of aromatic nitrogens is 2. The van der Waals surface area contributed by atoms with Crippen molar-refractivity contribution < 1.29 is 9.15 Å². The van der Waals surface area contributed by atoms with Crippen LogP contribution in [0.2, 0.25) is 0 Å². The van der Waals surface area contributed by atoms with Crippen molar-refractivity contribution in [3.63, 3.8) is 0 Å². The smallest absolute Gasteiger partial charge is 0.218 e. The van der Waals surface area contributed by atoms with E-state index in [0.717, 1.165) is 17.0 Å². The van der Waals surface area contributed by atoms with E-state index < -0.39 is 0 Å². The highest BCUT2D eigenvalue weighted by Crippen LogP contribution is 2.13. The molecule has 0 saturated heterocycles. The molecule has 2 aromatic rings. The van der Waals surface area contributed by atoms with E-state index in [1.807, 2.05) is 32.9 Å². The molecular weight excluding hydrogens is 294 g/mol. The summed E-state index contributed by atoms with van der Waals surface area (Å²) < 4.78 is 11.0. The molecule has 0 radical (unpaired) electrons. The molecule has 0 bridgehead atoms. The fraction of sp³-hybridized carbons (Fsp3) is 0.438. The predicted octanol–water partition coefficient (Wildman–Crippen LogP) is 1.95. The quantitative estimate of drug-likeness (QED) is 0.626. The molecule has 0 saturated carbocycles. The van der Waals surface area contributed by atoms with Crippen LogP contribution in [0.4, 0.5) is 0 Å². The van der Waals surface area contributed by atoms with Gasteiger partial charge in [0.05, 0.1) is 18.8 Å². The topological polar surface area (TPSA) is 84.6 Å². The minimum atomic E-state index is 0.472. The highest BCUT2D eigenvalue weighted by molar-refractivity contribution is 5.79. The van der Waals surface area contributed by atoms with Gasteiger partial charge in [0.1, 0.15) is 5.76 Å². The predicted molar refractivity (Wildman–Crippen MR) is 88.4 cm³/mol. The van der Waals surface area contributed by atoms with Crippen molar-refractivity contribution in [2.75, 3.05) is 13.7 Å². The van der Waals surface area contributed by atoms with Crippen LogP contribution in [0.15, 0.2) is 27.7 Å². The van der Waals surface area contributed by atoms with Crippen LogP contribution in [0.5, 0.6) is 5.88 Å². The summed E-state index contributed by atoms with van der Waals surface area (Å²) in [6.45, 7) is 7.38. The van der Waals surface area contributed by atoms with Crippen molar-refractivity contribution in [1.82, 2.24) is 20.6 Å². The van der Waals surface area contributed by atoms with E-state index in [4.69, 9.17) is 9.15 Å². The van der Waals surface area contributed by atoms with Crippen LogP contribution < -0.4 is 15.4 Å². The molecule has 0 amide bonds. The second kappa shape index (κ2) is 8.17. The Morgan fingerprint density at radius 2 is 2.09 bits per heavy atom. The van der Waals surface area contributed by atoms with E-state index in [1.54, 1.807) is 13.2 Å². The average Bonchev–Trinajstić information content (AvgIpc) is 2.87. The van der Waals surface area contributed by atoms with Crippen LogP contribution in [0.3, 0.4) is 0 Å². The van der Waals surface area contributed by atoms with Crippen molar-refractivity contribution in [2.24, 2.45) is 4.99 Å². The SMILES string of the molecule is CCOc1ncccc1CNC(=NC)NCc1nc(C)c(C)o1. The molecule has 7 heteroatoms. The number of pyridine rings is 1. The number of aryl methyl sites for hydroxylation is 2. The third-order valence-corrected chi connectivity index (χ3v) is 3.28. The van der Waals surface area contributed by atoms with Crippen LogP contribution in [0, 0.1) is 13.8 Å². The van der Waals surface area contributed by atoms with Crippen molar-refractivity contribution in [2.45, 2.75) is 33.9 Å². The summed E-state index contributed by atoms with van der Waals surface area (Å²) in [6.07, 6.45) is 1.72. The summed E-state index contributed by atoms with van der Waals surface area (Å²) in [6, 6.07) is 3.85. The number of nitrogens with zero attached hydrogens (tertiary/aromatic N) is 3. The molecule has 2 N–H and O–H groups in total. The number of ether oxygens (including phenoxy) is 1. The van der Waals surface area contributed by atoms with E-state index in [9.17, 15) is 0 Å². The Morgan fingerprint density at radius 3 is 2.74 bits per heavy atom. The number of hydrogen-bond acceptors (Lipinski definition) is 5. The molecule has 0 unspecified atom stereocenters. The number of aliphatic imine (C=N–C) groups is 1. The van der Waals surface area contributed by atoms with Crippen LogP contribution >= 0.6 is 0 Å². The molecule has 23 heavy (non-hydrogen) atoms. The molecule has 0 atom stereocenters. The van der Waals surface area contributed by atoms with Gasteiger partial charge in [0.2, 0.25) is 11.8 Å². The zero-order valence-corrected chi connectivity index (χ0v) is 14.0. The minimum absolute atomic E-state index is 0.472. The molecule has 0 aromatic carbocycles. The van der Waals surface area contributed by atoms with Gasteiger partial charge < -0.3 is 19.8 Å². The fourth-order valence-corrected chi connectivity index (χ4v) is 2.00. The fourth-order valence-electron chi connectivity index (χ4n) is 2.00. The number of hydrogen-bond donors (Lipinski definition) is 2. The summed E-state index contributed by atoms with van der Waals surface area (Å²) in [4.78, 5) is 12.7. The first-order valence-corrected chi connectivity index (χ1v) is 7.58. The molecule has 2 aromatic heterocycles. The second-order valence-electron chi connectivity index (χ2n) is 4.93. The number of nitrogens with one attached hydrogen (secondary N) is 2. The van der Waals surface area contributed by atoms with Crippen molar-refractivity contribution in [3.8, 4) is 5.88 Å². The molecular formula is C16H23N5O2. The van der Waals surface area contributed by atoms with Crippen LogP contribution in [0.1, 0.15) is 29.8 Å². The van der Waals surface area contributed by atoms with Crippen LogP contribution in [-0.4, -0.2) is 29.6 Å². The van der Waals surface area contributed by atoms with Gasteiger partial charge in [0.15, 0.2) is 5.96 Å². The molecule has 0 aliphatic heterocycles. The van der Waals surface area contributed by atoms with Gasteiger partial charge in [-0.15, -0.1) is 0 Å². The van der Waals surface area contributed by atoms with Gasteiger partial charge in [-0.2, -0.15) is 0 Å². The number of oxazole rings is 1. The van der Waals surface area contributed by atoms with Gasteiger partial charge >= 0.3 is 0 Å². The van der Waals surface area contributed by atoms with Gasteiger partial charge in [0.25, 0.3) is 0 Å². The van der Waals surface area contributed by atoms with Crippen molar-refractivity contribution in [1.29, 1.82) is 0 Å². The van der Waals surface area contributed by atoms with E-state index in [1.165, 1.54) is 0 Å². The van der Waals surface area contributed by atoms with Gasteiger partial charge in [-0.25, -0.2) is 9.97 Å². The molecule has 7 nitrogen and oxygen atoms in total. The molecule has 124 valence electrons. The zero-order valence-electron chi connectivity index (χ0n) is 14.0. The Balaban J connectivity index is 1.90. The molecule has 2 rings (SSSR count). The first-order chi connectivity index (χ1) is 11.1. The Bertz CT molecular complexity index is 647. The lowest BCUT2D eigenvalue weighted by atomic mass is 10.2.